The van der Waals surface area contributed by atoms with Crippen LogP contribution in [-0.4, -0.2) is 36.4 Å². The van der Waals surface area contributed by atoms with Crippen LogP contribution in [0.5, 0.6) is 0 Å². The third kappa shape index (κ3) is 2.04. The molecule has 3 aliphatic heterocycles. The lowest BCUT2D eigenvalue weighted by molar-refractivity contribution is -0.154. The van der Waals surface area contributed by atoms with Crippen molar-refractivity contribution in [2.24, 2.45) is 17.8 Å². The van der Waals surface area contributed by atoms with Crippen LogP contribution in [0.4, 0.5) is 0 Å². The van der Waals surface area contributed by atoms with Crippen molar-refractivity contribution in [3.8, 4) is 0 Å². The van der Waals surface area contributed by atoms with Gasteiger partial charge >= 0.3 is 11.9 Å². The first-order valence-corrected chi connectivity index (χ1v) is 7.04. The molecule has 3 aliphatic rings. The van der Waals surface area contributed by atoms with Crippen molar-refractivity contribution >= 4 is 11.9 Å². The van der Waals surface area contributed by atoms with Crippen molar-refractivity contribution in [2.75, 3.05) is 0 Å². The van der Waals surface area contributed by atoms with E-state index in [0.29, 0.717) is 6.42 Å². The summed E-state index contributed by atoms with van der Waals surface area (Å²) < 4.78 is 16.6. The molecule has 6 atom stereocenters. The van der Waals surface area contributed by atoms with Gasteiger partial charge < -0.3 is 14.2 Å². The molecule has 0 spiro atoms. The molecule has 5 nitrogen and oxygen atoms in total. The highest BCUT2D eigenvalue weighted by atomic mass is 16.6. The van der Waals surface area contributed by atoms with Gasteiger partial charge in [-0.05, 0) is 19.8 Å². The van der Waals surface area contributed by atoms with E-state index in [0.717, 1.165) is 6.42 Å². The summed E-state index contributed by atoms with van der Waals surface area (Å²) in [5.41, 5.74) is 0. The predicted molar refractivity (Wildman–Crippen MR) is 65.1 cm³/mol. The van der Waals surface area contributed by atoms with E-state index in [1.807, 2.05) is 20.8 Å². The van der Waals surface area contributed by atoms with Crippen LogP contribution in [0.1, 0.15) is 33.6 Å². The minimum absolute atomic E-state index is 0.0558. The van der Waals surface area contributed by atoms with Crippen molar-refractivity contribution in [1.82, 2.24) is 0 Å². The maximum atomic E-state index is 11.6. The minimum atomic E-state index is -0.183. The van der Waals surface area contributed by atoms with Gasteiger partial charge in [-0.25, -0.2) is 0 Å². The highest BCUT2D eigenvalue weighted by Crippen LogP contribution is 2.50. The summed E-state index contributed by atoms with van der Waals surface area (Å²) in [5.74, 6) is -0.306. The molecule has 2 bridgehead atoms. The average Bonchev–Trinajstić information content (AvgIpc) is 2.93. The molecule has 5 heteroatoms. The lowest BCUT2D eigenvalue weighted by Crippen LogP contribution is -2.35. The number of rotatable bonds is 4. The number of ether oxygens (including phenoxy) is 3. The van der Waals surface area contributed by atoms with Gasteiger partial charge in [0, 0.05) is 5.92 Å². The van der Waals surface area contributed by atoms with E-state index in [2.05, 4.69) is 0 Å². The molecule has 0 aromatic carbocycles. The molecule has 19 heavy (non-hydrogen) atoms. The Morgan fingerprint density at radius 2 is 2.11 bits per heavy atom. The highest BCUT2D eigenvalue weighted by molar-refractivity contribution is 5.77. The number of hydrogen-bond acceptors (Lipinski definition) is 5. The Morgan fingerprint density at radius 1 is 1.37 bits per heavy atom. The van der Waals surface area contributed by atoms with Crippen molar-refractivity contribution in [1.29, 1.82) is 0 Å². The third-order valence-electron chi connectivity index (χ3n) is 4.39. The Hall–Kier alpha value is -1.10. The number of carbonyl (C=O) groups is 2. The van der Waals surface area contributed by atoms with Crippen LogP contribution in [0.25, 0.3) is 0 Å². The first-order chi connectivity index (χ1) is 8.97. The van der Waals surface area contributed by atoms with Gasteiger partial charge in [-0.15, -0.1) is 0 Å². The lowest BCUT2D eigenvalue weighted by Gasteiger charge is -2.25. The van der Waals surface area contributed by atoms with Crippen LogP contribution >= 0.6 is 0 Å². The summed E-state index contributed by atoms with van der Waals surface area (Å²) in [4.78, 5) is 23.2. The summed E-state index contributed by atoms with van der Waals surface area (Å²) in [6.07, 6.45) is 1.19. The third-order valence-corrected chi connectivity index (χ3v) is 4.39. The Bertz CT molecular complexity index is 405. The molecule has 0 radical (unpaired) electrons. The largest absolute Gasteiger partial charge is 0.462 e. The number of hydrogen-bond donors (Lipinski definition) is 0. The highest BCUT2D eigenvalue weighted by Gasteiger charge is 2.63. The summed E-state index contributed by atoms with van der Waals surface area (Å²) in [6, 6.07) is 0. The molecule has 0 aliphatic carbocycles. The second kappa shape index (κ2) is 4.47. The summed E-state index contributed by atoms with van der Waals surface area (Å²) in [6.45, 7) is 5.53. The van der Waals surface area contributed by atoms with Gasteiger partial charge in [0.15, 0.2) is 0 Å². The Morgan fingerprint density at radius 3 is 2.79 bits per heavy atom. The molecule has 3 rings (SSSR count). The molecular formula is C14H20O5. The van der Waals surface area contributed by atoms with Crippen LogP contribution < -0.4 is 0 Å². The summed E-state index contributed by atoms with van der Waals surface area (Å²) in [7, 11) is 0. The van der Waals surface area contributed by atoms with E-state index in [-0.39, 0.29) is 54.1 Å². The Kier molecular flexibility index (Phi) is 3.04. The van der Waals surface area contributed by atoms with Gasteiger partial charge in [0.05, 0.1) is 24.0 Å². The lowest BCUT2D eigenvalue weighted by atomic mass is 9.80. The first-order valence-electron chi connectivity index (χ1n) is 7.04. The van der Waals surface area contributed by atoms with Gasteiger partial charge in [-0.1, -0.05) is 13.8 Å². The number of fused-ring (bicyclic) bond motifs is 1. The molecule has 0 aromatic heterocycles. The summed E-state index contributed by atoms with van der Waals surface area (Å²) >= 11 is 0. The fourth-order valence-corrected chi connectivity index (χ4v) is 3.43. The van der Waals surface area contributed by atoms with E-state index >= 15 is 0 Å². The van der Waals surface area contributed by atoms with Crippen LogP contribution in [-0.2, 0) is 23.8 Å². The Labute approximate surface area is 112 Å². The normalized spacial score (nSPS) is 40.6. The van der Waals surface area contributed by atoms with Crippen molar-refractivity contribution in [2.45, 2.75) is 58.0 Å². The molecule has 0 aromatic rings. The maximum Gasteiger partial charge on any atom is 0.312 e. The van der Waals surface area contributed by atoms with Gasteiger partial charge in [0.25, 0.3) is 0 Å². The van der Waals surface area contributed by atoms with Crippen molar-refractivity contribution in [3.05, 3.63) is 0 Å². The van der Waals surface area contributed by atoms with Gasteiger partial charge in [-0.2, -0.15) is 0 Å². The standard InChI is InChI=1S/C14H20O5/c1-6(2)13(15)17-7(3)4-8-10-5-9-12(18-10)11(8)19-14(9)16/h6-12H,4-5H2,1-3H3. The van der Waals surface area contributed by atoms with E-state index in [9.17, 15) is 9.59 Å². The zero-order valence-electron chi connectivity index (χ0n) is 11.5. The zero-order chi connectivity index (χ0) is 13.7. The number of esters is 2. The van der Waals surface area contributed by atoms with Crippen LogP contribution in [0.15, 0.2) is 0 Å². The first kappa shape index (κ1) is 12.9. The van der Waals surface area contributed by atoms with Crippen molar-refractivity contribution < 1.29 is 23.8 Å². The smallest absolute Gasteiger partial charge is 0.312 e. The average molecular weight is 268 g/mol. The van der Waals surface area contributed by atoms with Gasteiger partial charge in [-0.3, -0.25) is 9.59 Å². The Balaban J connectivity index is 1.60. The second-order valence-corrected chi connectivity index (χ2v) is 6.18. The van der Waals surface area contributed by atoms with Crippen LogP contribution in [0, 0.1) is 17.8 Å². The topological polar surface area (TPSA) is 61.8 Å². The van der Waals surface area contributed by atoms with Crippen molar-refractivity contribution in [3.63, 3.8) is 0 Å². The molecule has 6 unspecified atom stereocenters. The van der Waals surface area contributed by atoms with E-state index < -0.39 is 0 Å². The van der Waals surface area contributed by atoms with E-state index in [1.165, 1.54) is 0 Å². The van der Waals surface area contributed by atoms with Crippen LogP contribution in [0.2, 0.25) is 0 Å². The second-order valence-electron chi connectivity index (χ2n) is 6.18. The maximum absolute atomic E-state index is 11.6. The fourth-order valence-electron chi connectivity index (χ4n) is 3.43. The SMILES string of the molecule is CC(CC1C2CC3C(=O)OC1C3O2)OC(=O)C(C)C. The molecule has 3 heterocycles. The molecule has 0 saturated carbocycles. The monoisotopic (exact) mass is 268 g/mol. The molecule has 0 amide bonds. The van der Waals surface area contributed by atoms with Gasteiger partial charge in [0.1, 0.15) is 12.2 Å². The number of carbonyl (C=O) groups excluding carboxylic acids is 2. The fraction of sp³-hybridized carbons (Fsp3) is 0.857. The molecule has 0 N–H and O–H groups in total. The molecule has 3 saturated heterocycles. The molecular weight excluding hydrogens is 248 g/mol. The van der Waals surface area contributed by atoms with E-state index in [4.69, 9.17) is 14.2 Å². The predicted octanol–water partition coefficient (Wildman–Crippen LogP) is 1.29. The molecule has 3 fully saturated rings. The van der Waals surface area contributed by atoms with Gasteiger partial charge in [0.2, 0.25) is 0 Å². The van der Waals surface area contributed by atoms with E-state index in [1.54, 1.807) is 0 Å². The summed E-state index contributed by atoms with van der Waals surface area (Å²) in [5, 5.41) is 0. The minimum Gasteiger partial charge on any atom is -0.462 e. The van der Waals surface area contributed by atoms with Crippen LogP contribution in [0.3, 0.4) is 0 Å². The zero-order valence-corrected chi connectivity index (χ0v) is 11.5. The quantitative estimate of drug-likeness (QED) is 0.719. The molecule has 106 valence electrons.